The Hall–Kier alpha value is -2.61. The molecule has 26 heavy (non-hydrogen) atoms. The molecule has 0 saturated heterocycles. The van der Waals surface area contributed by atoms with Crippen LogP contribution < -0.4 is 10.2 Å². The topological polar surface area (TPSA) is 57.3 Å². The molecule has 0 spiro atoms. The summed E-state index contributed by atoms with van der Waals surface area (Å²) in [5.74, 6) is -0.0441. The van der Waals surface area contributed by atoms with E-state index in [2.05, 4.69) is 23.5 Å². The van der Waals surface area contributed by atoms with Crippen molar-refractivity contribution in [3.63, 3.8) is 0 Å². The lowest BCUT2D eigenvalue weighted by Gasteiger charge is -2.28. The maximum absolute atomic E-state index is 12.6. The molecule has 4 nitrogen and oxygen atoms in total. The van der Waals surface area contributed by atoms with Gasteiger partial charge in [0.15, 0.2) is 6.04 Å². The number of rotatable bonds is 4. The summed E-state index contributed by atoms with van der Waals surface area (Å²) >= 11 is 6.03. The fourth-order valence-electron chi connectivity index (χ4n) is 3.18. The molecule has 2 aromatic rings. The highest BCUT2D eigenvalue weighted by Crippen LogP contribution is 2.20. The zero-order chi connectivity index (χ0) is 18.5. The Labute approximate surface area is 158 Å². The SMILES string of the molecule is C[C@H](C(=O)Nc1ccc(C#N)c(Cl)c1)[NH+]1CC=C(c2ccccc2)CC1. The predicted molar refractivity (Wildman–Crippen MR) is 104 cm³/mol. The maximum Gasteiger partial charge on any atom is 0.282 e. The van der Waals surface area contributed by atoms with Gasteiger partial charge in [-0.3, -0.25) is 4.79 Å². The van der Waals surface area contributed by atoms with Crippen molar-refractivity contribution in [2.75, 3.05) is 18.4 Å². The minimum atomic E-state index is -0.169. The lowest BCUT2D eigenvalue weighted by atomic mass is 9.99. The van der Waals surface area contributed by atoms with Crippen molar-refractivity contribution < 1.29 is 9.69 Å². The van der Waals surface area contributed by atoms with E-state index in [9.17, 15) is 4.79 Å². The van der Waals surface area contributed by atoms with Crippen molar-refractivity contribution in [1.29, 1.82) is 5.26 Å². The standard InChI is InChI=1S/C21H20ClN3O/c1-15(21(26)24-19-8-7-18(14-23)20(22)13-19)25-11-9-17(10-12-25)16-5-3-2-4-6-16/h2-9,13,15H,10-12H2,1H3,(H,24,26)/p+1/t15-/m1/s1. The van der Waals surface area contributed by atoms with Crippen molar-refractivity contribution in [3.05, 3.63) is 70.8 Å². The van der Waals surface area contributed by atoms with Crippen molar-refractivity contribution in [2.45, 2.75) is 19.4 Å². The molecule has 0 aliphatic carbocycles. The van der Waals surface area contributed by atoms with Crippen LogP contribution in [0.2, 0.25) is 5.02 Å². The normalized spacial score (nSPS) is 17.7. The van der Waals surface area contributed by atoms with Crippen LogP contribution in [0.5, 0.6) is 0 Å². The fourth-order valence-corrected chi connectivity index (χ4v) is 3.40. The van der Waals surface area contributed by atoms with Crippen LogP contribution in [0.3, 0.4) is 0 Å². The third-order valence-corrected chi connectivity index (χ3v) is 5.15. The number of quaternary nitrogens is 1. The number of carbonyl (C=O) groups is 1. The summed E-state index contributed by atoms with van der Waals surface area (Å²) in [7, 11) is 0. The Balaban J connectivity index is 1.62. The van der Waals surface area contributed by atoms with Gasteiger partial charge in [0.1, 0.15) is 6.07 Å². The molecular formula is C21H21ClN3O+. The maximum atomic E-state index is 12.6. The van der Waals surface area contributed by atoms with E-state index in [-0.39, 0.29) is 11.9 Å². The summed E-state index contributed by atoms with van der Waals surface area (Å²) in [5, 5.41) is 12.2. The van der Waals surface area contributed by atoms with Gasteiger partial charge in [-0.15, -0.1) is 0 Å². The van der Waals surface area contributed by atoms with E-state index in [1.54, 1.807) is 18.2 Å². The van der Waals surface area contributed by atoms with Gasteiger partial charge in [-0.05, 0) is 42.3 Å². The Kier molecular flexibility index (Phi) is 5.72. The largest absolute Gasteiger partial charge is 0.321 e. The first-order valence-corrected chi connectivity index (χ1v) is 9.06. The van der Waals surface area contributed by atoms with Crippen molar-refractivity contribution in [3.8, 4) is 6.07 Å². The minimum Gasteiger partial charge on any atom is -0.321 e. The number of amides is 1. The highest BCUT2D eigenvalue weighted by atomic mass is 35.5. The second-order valence-corrected chi connectivity index (χ2v) is 6.88. The molecule has 1 aliphatic heterocycles. The van der Waals surface area contributed by atoms with Gasteiger partial charge in [0.05, 0.1) is 23.7 Å². The first-order chi connectivity index (χ1) is 12.6. The molecule has 2 atom stereocenters. The van der Waals surface area contributed by atoms with Gasteiger partial charge in [0, 0.05) is 12.1 Å². The van der Waals surface area contributed by atoms with Crippen molar-refractivity contribution in [1.82, 2.24) is 0 Å². The molecule has 0 fully saturated rings. The first-order valence-electron chi connectivity index (χ1n) is 8.68. The molecule has 2 N–H and O–H groups in total. The summed E-state index contributed by atoms with van der Waals surface area (Å²) in [6.45, 7) is 3.69. The molecule has 2 aromatic carbocycles. The van der Waals surface area contributed by atoms with Crippen LogP contribution in [-0.4, -0.2) is 25.0 Å². The Morgan fingerprint density at radius 1 is 1.27 bits per heavy atom. The number of nitrogens with zero attached hydrogens (tertiary/aromatic N) is 1. The van der Waals surface area contributed by atoms with Crippen LogP contribution in [0.1, 0.15) is 24.5 Å². The second kappa shape index (κ2) is 8.18. The van der Waals surface area contributed by atoms with E-state index in [0.29, 0.717) is 16.3 Å². The number of nitriles is 1. The summed E-state index contributed by atoms with van der Waals surface area (Å²) in [4.78, 5) is 13.8. The summed E-state index contributed by atoms with van der Waals surface area (Å²) in [5.41, 5.74) is 3.62. The molecule has 132 valence electrons. The first kappa shape index (κ1) is 18.2. The van der Waals surface area contributed by atoms with Crippen LogP contribution in [0, 0.1) is 11.3 Å². The van der Waals surface area contributed by atoms with Crippen LogP contribution in [-0.2, 0) is 4.79 Å². The number of hydrogen-bond acceptors (Lipinski definition) is 2. The number of benzene rings is 2. The third kappa shape index (κ3) is 4.13. The monoisotopic (exact) mass is 366 g/mol. The number of hydrogen-bond donors (Lipinski definition) is 2. The van der Waals surface area contributed by atoms with Crippen LogP contribution in [0.15, 0.2) is 54.6 Å². The molecular weight excluding hydrogens is 346 g/mol. The molecule has 3 rings (SSSR count). The lowest BCUT2D eigenvalue weighted by Crippen LogP contribution is -3.17. The molecule has 1 unspecified atom stereocenters. The zero-order valence-electron chi connectivity index (χ0n) is 14.6. The number of anilines is 1. The number of nitrogens with one attached hydrogen (secondary N) is 2. The summed E-state index contributed by atoms with van der Waals surface area (Å²) in [6.07, 6.45) is 3.19. The third-order valence-electron chi connectivity index (χ3n) is 4.83. The van der Waals surface area contributed by atoms with E-state index in [1.807, 2.05) is 31.2 Å². The highest BCUT2D eigenvalue weighted by Gasteiger charge is 2.27. The van der Waals surface area contributed by atoms with E-state index in [0.717, 1.165) is 19.5 Å². The van der Waals surface area contributed by atoms with Gasteiger partial charge in [-0.25, -0.2) is 0 Å². The van der Waals surface area contributed by atoms with Crippen molar-refractivity contribution >= 4 is 28.8 Å². The average Bonchev–Trinajstić information content (AvgIpc) is 2.68. The molecule has 5 heteroatoms. The summed E-state index contributed by atoms with van der Waals surface area (Å²) in [6, 6.07) is 17.2. The molecule has 1 heterocycles. The number of halogens is 1. The van der Waals surface area contributed by atoms with Gasteiger partial charge in [0.25, 0.3) is 5.91 Å². The Bertz CT molecular complexity index is 871. The van der Waals surface area contributed by atoms with E-state index in [4.69, 9.17) is 16.9 Å². The van der Waals surface area contributed by atoms with E-state index >= 15 is 0 Å². The van der Waals surface area contributed by atoms with Gasteiger partial charge in [0.2, 0.25) is 0 Å². The minimum absolute atomic E-state index is 0.0441. The van der Waals surface area contributed by atoms with Gasteiger partial charge in [-0.1, -0.05) is 41.9 Å². The van der Waals surface area contributed by atoms with E-state index < -0.39 is 0 Å². The van der Waals surface area contributed by atoms with E-state index in [1.165, 1.54) is 16.0 Å². The van der Waals surface area contributed by atoms with Crippen LogP contribution >= 0.6 is 11.6 Å². The molecule has 0 saturated carbocycles. The van der Waals surface area contributed by atoms with Gasteiger partial charge < -0.3 is 10.2 Å². The van der Waals surface area contributed by atoms with Gasteiger partial charge >= 0.3 is 0 Å². The molecule has 0 bridgehead atoms. The molecule has 0 radical (unpaired) electrons. The van der Waals surface area contributed by atoms with Crippen LogP contribution in [0.4, 0.5) is 5.69 Å². The smallest absolute Gasteiger partial charge is 0.282 e. The summed E-state index contributed by atoms with van der Waals surface area (Å²) < 4.78 is 0. The Morgan fingerprint density at radius 2 is 2.04 bits per heavy atom. The fraction of sp³-hybridized carbons (Fsp3) is 0.238. The molecule has 1 amide bonds. The second-order valence-electron chi connectivity index (χ2n) is 6.48. The average molecular weight is 367 g/mol. The lowest BCUT2D eigenvalue weighted by molar-refractivity contribution is -0.909. The number of carbonyl (C=O) groups excluding carboxylic acids is 1. The predicted octanol–water partition coefficient (Wildman–Crippen LogP) is 2.91. The van der Waals surface area contributed by atoms with Gasteiger partial charge in [-0.2, -0.15) is 5.26 Å². The Morgan fingerprint density at radius 3 is 2.65 bits per heavy atom. The van der Waals surface area contributed by atoms with Crippen LogP contribution in [0.25, 0.3) is 5.57 Å². The highest BCUT2D eigenvalue weighted by molar-refractivity contribution is 6.32. The zero-order valence-corrected chi connectivity index (χ0v) is 15.4. The van der Waals surface area contributed by atoms with Crippen molar-refractivity contribution in [2.24, 2.45) is 0 Å². The molecule has 0 aromatic heterocycles. The molecule has 1 aliphatic rings. The quantitative estimate of drug-likeness (QED) is 0.874.